The van der Waals surface area contributed by atoms with Crippen molar-refractivity contribution >= 4 is 23.0 Å². The smallest absolute Gasteiger partial charge is 0.163 e. The van der Waals surface area contributed by atoms with Crippen molar-refractivity contribution in [3.63, 3.8) is 0 Å². The Morgan fingerprint density at radius 3 is 2.56 bits per heavy atom. The van der Waals surface area contributed by atoms with Gasteiger partial charge in [-0.3, -0.25) is 4.79 Å². The average molecular weight is 422 g/mol. The number of fused-ring (bicyclic) bond motifs is 2. The molecule has 158 valence electrons. The van der Waals surface area contributed by atoms with E-state index < -0.39 is 0 Å². The minimum absolute atomic E-state index is 0.520. The molecule has 1 saturated carbocycles. The molecule has 2 aromatic carbocycles. The molecule has 0 aliphatic heterocycles. The number of imidazole rings is 2. The Kier molecular flexibility index (Phi) is 4.56. The van der Waals surface area contributed by atoms with E-state index in [2.05, 4.69) is 32.7 Å². The van der Waals surface area contributed by atoms with Crippen LogP contribution < -0.4 is 0 Å². The Balaban J connectivity index is 1.49. The summed E-state index contributed by atoms with van der Waals surface area (Å²) in [6, 6.07) is 14.4. The van der Waals surface area contributed by atoms with Gasteiger partial charge in [-0.2, -0.15) is 0 Å². The predicted molar refractivity (Wildman–Crippen MR) is 125 cm³/mol. The third-order valence-corrected chi connectivity index (χ3v) is 6.53. The molecule has 0 unspecified atom stereocenters. The van der Waals surface area contributed by atoms with Crippen molar-refractivity contribution < 1.29 is 4.79 Å². The van der Waals surface area contributed by atoms with Gasteiger partial charge in [0.2, 0.25) is 0 Å². The minimum Gasteiger partial charge on any atom is -0.327 e. The SMILES string of the molecule is O=Cc1ccc(-c2cn3ccnc3c(-c3ccc4ncn(C5CCCCC5)c4c3)n2)cc1. The van der Waals surface area contributed by atoms with Crippen molar-refractivity contribution in [2.75, 3.05) is 0 Å². The number of nitrogens with zero attached hydrogens (tertiary/aromatic N) is 5. The molecule has 0 atom stereocenters. The second-order valence-corrected chi connectivity index (χ2v) is 8.52. The summed E-state index contributed by atoms with van der Waals surface area (Å²) < 4.78 is 4.36. The fraction of sp³-hybridized carbons (Fsp3) is 0.231. The quantitative estimate of drug-likeness (QED) is 0.348. The number of carbonyl (C=O) groups is 1. The van der Waals surface area contributed by atoms with Gasteiger partial charge in [-0.05, 0) is 25.0 Å². The highest BCUT2D eigenvalue weighted by atomic mass is 16.1. The fourth-order valence-electron chi connectivity index (χ4n) is 4.82. The number of aromatic nitrogens is 5. The number of benzene rings is 2. The molecule has 0 amide bonds. The lowest BCUT2D eigenvalue weighted by Crippen LogP contribution is -2.11. The Bertz CT molecular complexity index is 1420. The highest BCUT2D eigenvalue weighted by molar-refractivity contribution is 5.85. The largest absolute Gasteiger partial charge is 0.327 e. The van der Waals surface area contributed by atoms with E-state index in [4.69, 9.17) is 4.98 Å². The van der Waals surface area contributed by atoms with E-state index in [1.54, 1.807) is 6.20 Å². The normalized spacial score (nSPS) is 14.9. The topological polar surface area (TPSA) is 65.1 Å². The summed E-state index contributed by atoms with van der Waals surface area (Å²) in [5.74, 6) is 0. The molecule has 3 heterocycles. The van der Waals surface area contributed by atoms with Gasteiger partial charge in [-0.15, -0.1) is 0 Å². The average Bonchev–Trinajstić information content (AvgIpc) is 3.50. The fourth-order valence-corrected chi connectivity index (χ4v) is 4.82. The van der Waals surface area contributed by atoms with Crippen LogP contribution in [0.15, 0.2) is 67.4 Å². The van der Waals surface area contributed by atoms with Gasteiger partial charge in [0.05, 0.1) is 23.1 Å². The standard InChI is InChI=1S/C26H23N5O/c32-16-18-6-8-19(9-7-18)23-15-30-13-12-27-26(30)25(29-23)20-10-11-22-24(14-20)31(17-28-22)21-4-2-1-3-5-21/h6-17,21H,1-5H2. The predicted octanol–water partition coefficient (Wildman–Crippen LogP) is 5.73. The number of rotatable bonds is 4. The second kappa shape index (κ2) is 7.71. The van der Waals surface area contributed by atoms with E-state index in [1.165, 1.54) is 32.1 Å². The lowest BCUT2D eigenvalue weighted by molar-refractivity contribution is 0.112. The molecule has 0 bridgehead atoms. The summed E-state index contributed by atoms with van der Waals surface area (Å²) in [4.78, 5) is 25.3. The van der Waals surface area contributed by atoms with Crippen LogP contribution in [0.2, 0.25) is 0 Å². The van der Waals surface area contributed by atoms with Crippen molar-refractivity contribution in [1.82, 2.24) is 23.9 Å². The maximum atomic E-state index is 11.0. The Morgan fingerprint density at radius 2 is 1.75 bits per heavy atom. The van der Waals surface area contributed by atoms with Crippen LogP contribution in [0.3, 0.4) is 0 Å². The Labute approximate surface area is 185 Å². The van der Waals surface area contributed by atoms with E-state index in [-0.39, 0.29) is 0 Å². The van der Waals surface area contributed by atoms with E-state index in [0.29, 0.717) is 11.6 Å². The van der Waals surface area contributed by atoms with Crippen molar-refractivity contribution in [3.8, 4) is 22.5 Å². The lowest BCUT2D eigenvalue weighted by atomic mass is 9.95. The zero-order chi connectivity index (χ0) is 21.5. The summed E-state index contributed by atoms with van der Waals surface area (Å²) in [6.45, 7) is 0. The molecule has 5 aromatic rings. The number of hydrogen-bond donors (Lipinski definition) is 0. The van der Waals surface area contributed by atoms with Crippen LogP contribution >= 0.6 is 0 Å². The third-order valence-electron chi connectivity index (χ3n) is 6.53. The maximum absolute atomic E-state index is 11.0. The first kappa shape index (κ1) is 18.9. The van der Waals surface area contributed by atoms with Crippen molar-refractivity contribution in [2.45, 2.75) is 38.1 Å². The van der Waals surface area contributed by atoms with Crippen LogP contribution in [0.4, 0.5) is 0 Å². The summed E-state index contributed by atoms with van der Waals surface area (Å²) >= 11 is 0. The van der Waals surface area contributed by atoms with Gasteiger partial charge in [0.25, 0.3) is 0 Å². The molecule has 32 heavy (non-hydrogen) atoms. The molecule has 0 N–H and O–H groups in total. The number of carbonyl (C=O) groups excluding carboxylic acids is 1. The van der Waals surface area contributed by atoms with Gasteiger partial charge >= 0.3 is 0 Å². The molecule has 0 saturated heterocycles. The zero-order valence-corrected chi connectivity index (χ0v) is 17.7. The van der Waals surface area contributed by atoms with Crippen LogP contribution in [0.25, 0.3) is 39.2 Å². The first-order valence-electron chi connectivity index (χ1n) is 11.2. The van der Waals surface area contributed by atoms with E-state index in [1.807, 2.05) is 47.4 Å². The highest BCUT2D eigenvalue weighted by Crippen LogP contribution is 2.33. The van der Waals surface area contributed by atoms with Crippen molar-refractivity contribution in [3.05, 3.63) is 72.9 Å². The third kappa shape index (κ3) is 3.19. The summed E-state index contributed by atoms with van der Waals surface area (Å²) in [7, 11) is 0. The van der Waals surface area contributed by atoms with Gasteiger partial charge in [0, 0.05) is 41.3 Å². The summed E-state index contributed by atoms with van der Waals surface area (Å²) in [5, 5.41) is 0. The monoisotopic (exact) mass is 421 g/mol. The number of aldehydes is 1. The van der Waals surface area contributed by atoms with Crippen LogP contribution in [-0.4, -0.2) is 30.2 Å². The van der Waals surface area contributed by atoms with Crippen molar-refractivity contribution in [1.29, 1.82) is 0 Å². The Hall–Kier alpha value is -3.80. The van der Waals surface area contributed by atoms with E-state index >= 15 is 0 Å². The van der Waals surface area contributed by atoms with E-state index in [0.717, 1.165) is 45.5 Å². The first-order chi connectivity index (χ1) is 15.8. The summed E-state index contributed by atoms with van der Waals surface area (Å²) in [5.41, 5.74) is 7.30. The molecular formula is C26H23N5O. The number of hydrogen-bond acceptors (Lipinski definition) is 4. The molecule has 3 aromatic heterocycles. The molecule has 6 nitrogen and oxygen atoms in total. The van der Waals surface area contributed by atoms with Gasteiger partial charge < -0.3 is 8.97 Å². The van der Waals surface area contributed by atoms with Crippen LogP contribution in [0.5, 0.6) is 0 Å². The van der Waals surface area contributed by atoms with Gasteiger partial charge in [-0.1, -0.05) is 49.6 Å². The van der Waals surface area contributed by atoms with Gasteiger partial charge in [-0.25, -0.2) is 15.0 Å². The maximum Gasteiger partial charge on any atom is 0.163 e. The molecular weight excluding hydrogens is 398 g/mol. The molecule has 1 fully saturated rings. The first-order valence-corrected chi connectivity index (χ1v) is 11.2. The molecule has 1 aliphatic carbocycles. The van der Waals surface area contributed by atoms with Crippen molar-refractivity contribution in [2.24, 2.45) is 0 Å². The highest BCUT2D eigenvalue weighted by Gasteiger charge is 2.19. The zero-order valence-electron chi connectivity index (χ0n) is 17.7. The molecule has 6 heteroatoms. The minimum atomic E-state index is 0.520. The summed E-state index contributed by atoms with van der Waals surface area (Å²) in [6.07, 6.45) is 14.9. The van der Waals surface area contributed by atoms with Gasteiger partial charge in [0.15, 0.2) is 5.65 Å². The molecule has 6 rings (SSSR count). The molecule has 0 radical (unpaired) electrons. The molecule has 1 aliphatic rings. The second-order valence-electron chi connectivity index (χ2n) is 8.52. The van der Waals surface area contributed by atoms with E-state index in [9.17, 15) is 4.79 Å². The van der Waals surface area contributed by atoms with Crippen LogP contribution in [0, 0.1) is 0 Å². The lowest BCUT2D eigenvalue weighted by Gasteiger charge is -2.23. The van der Waals surface area contributed by atoms with Crippen LogP contribution in [-0.2, 0) is 0 Å². The Morgan fingerprint density at radius 1 is 0.938 bits per heavy atom. The van der Waals surface area contributed by atoms with Gasteiger partial charge in [0.1, 0.15) is 12.0 Å². The van der Waals surface area contributed by atoms with Crippen LogP contribution in [0.1, 0.15) is 48.5 Å². The molecule has 0 spiro atoms.